The molecule has 1 aliphatic heterocycles. The van der Waals surface area contributed by atoms with Gasteiger partial charge in [0.15, 0.2) is 0 Å². The van der Waals surface area contributed by atoms with Gasteiger partial charge < -0.3 is 20.5 Å². The summed E-state index contributed by atoms with van der Waals surface area (Å²) in [6.45, 7) is 6.82. The lowest BCUT2D eigenvalue weighted by Crippen LogP contribution is -2.46. The highest BCUT2D eigenvalue weighted by molar-refractivity contribution is 6.39. The van der Waals surface area contributed by atoms with Crippen molar-refractivity contribution in [1.82, 2.24) is 20.0 Å². The SMILES string of the molecule is Cc1nn(C)c(C)c1NC(=O)C(=O)NC[C@@H](O)CN1CCOCC1. The van der Waals surface area contributed by atoms with E-state index in [1.54, 1.807) is 25.6 Å². The van der Waals surface area contributed by atoms with Crippen molar-refractivity contribution in [3.8, 4) is 0 Å². The Morgan fingerprint density at radius 2 is 1.96 bits per heavy atom. The Bertz CT molecular complexity index is 595. The Hall–Kier alpha value is -1.97. The number of hydrogen-bond donors (Lipinski definition) is 3. The molecule has 3 N–H and O–H groups in total. The summed E-state index contributed by atoms with van der Waals surface area (Å²) in [5.41, 5.74) is 1.94. The first-order chi connectivity index (χ1) is 11.4. The molecule has 134 valence electrons. The van der Waals surface area contributed by atoms with E-state index in [1.807, 2.05) is 0 Å². The van der Waals surface area contributed by atoms with E-state index in [0.717, 1.165) is 18.8 Å². The monoisotopic (exact) mass is 339 g/mol. The summed E-state index contributed by atoms with van der Waals surface area (Å²) in [6, 6.07) is 0. The lowest BCUT2D eigenvalue weighted by atomic mass is 10.3. The number of morpholine rings is 1. The van der Waals surface area contributed by atoms with Gasteiger partial charge >= 0.3 is 11.8 Å². The van der Waals surface area contributed by atoms with Crippen LogP contribution in [0.5, 0.6) is 0 Å². The summed E-state index contributed by atoms with van der Waals surface area (Å²) in [5.74, 6) is -1.55. The number of aromatic nitrogens is 2. The molecule has 0 spiro atoms. The number of anilines is 1. The Morgan fingerprint density at radius 1 is 1.29 bits per heavy atom. The minimum Gasteiger partial charge on any atom is -0.390 e. The molecule has 1 aromatic rings. The van der Waals surface area contributed by atoms with Gasteiger partial charge in [-0.25, -0.2) is 0 Å². The number of aliphatic hydroxyl groups is 1. The highest BCUT2D eigenvalue weighted by Crippen LogP contribution is 2.17. The van der Waals surface area contributed by atoms with Crippen molar-refractivity contribution >= 4 is 17.5 Å². The number of rotatable bonds is 5. The number of nitrogens with zero attached hydrogens (tertiary/aromatic N) is 3. The molecular weight excluding hydrogens is 314 g/mol. The largest absolute Gasteiger partial charge is 0.390 e. The first-order valence-electron chi connectivity index (χ1n) is 7.96. The summed E-state index contributed by atoms with van der Waals surface area (Å²) < 4.78 is 6.87. The summed E-state index contributed by atoms with van der Waals surface area (Å²) in [7, 11) is 1.76. The summed E-state index contributed by atoms with van der Waals surface area (Å²) in [5, 5.41) is 19.2. The zero-order valence-corrected chi connectivity index (χ0v) is 14.3. The number of amides is 2. The maximum atomic E-state index is 12.0. The lowest BCUT2D eigenvalue weighted by molar-refractivity contribution is -0.136. The topological polar surface area (TPSA) is 109 Å². The number of carbonyl (C=O) groups is 2. The molecule has 2 heterocycles. The number of β-amino-alcohol motifs (C(OH)–C–C–N with tert-alkyl or cyclic N) is 1. The van der Waals surface area contributed by atoms with Crippen molar-refractivity contribution < 1.29 is 19.4 Å². The molecule has 2 rings (SSSR count). The fraction of sp³-hybridized carbons (Fsp3) is 0.667. The van der Waals surface area contributed by atoms with Gasteiger partial charge in [0.25, 0.3) is 0 Å². The lowest BCUT2D eigenvalue weighted by Gasteiger charge is -2.28. The van der Waals surface area contributed by atoms with Gasteiger partial charge in [0.2, 0.25) is 0 Å². The van der Waals surface area contributed by atoms with E-state index in [2.05, 4.69) is 20.6 Å². The van der Waals surface area contributed by atoms with Gasteiger partial charge in [-0.05, 0) is 13.8 Å². The molecule has 0 aromatic carbocycles. The van der Waals surface area contributed by atoms with Crippen LogP contribution in [0.3, 0.4) is 0 Å². The molecule has 9 heteroatoms. The minimum absolute atomic E-state index is 0.0224. The predicted molar refractivity (Wildman–Crippen MR) is 87.6 cm³/mol. The molecule has 9 nitrogen and oxygen atoms in total. The molecule has 0 saturated carbocycles. The van der Waals surface area contributed by atoms with Gasteiger partial charge in [0.1, 0.15) is 0 Å². The molecule has 1 saturated heterocycles. The smallest absolute Gasteiger partial charge is 0.313 e. The van der Waals surface area contributed by atoms with Gasteiger partial charge in [-0.15, -0.1) is 0 Å². The fourth-order valence-electron chi connectivity index (χ4n) is 2.56. The number of aliphatic hydroxyl groups excluding tert-OH is 1. The highest BCUT2D eigenvalue weighted by atomic mass is 16.5. The van der Waals surface area contributed by atoms with Crippen molar-refractivity contribution in [2.45, 2.75) is 20.0 Å². The van der Waals surface area contributed by atoms with Gasteiger partial charge in [-0.2, -0.15) is 5.10 Å². The third-order valence-corrected chi connectivity index (χ3v) is 4.02. The number of carbonyl (C=O) groups excluding carboxylic acids is 2. The average Bonchev–Trinajstić information content (AvgIpc) is 2.79. The Kier molecular flexibility index (Phi) is 6.29. The van der Waals surface area contributed by atoms with Gasteiger partial charge in [0, 0.05) is 33.2 Å². The van der Waals surface area contributed by atoms with Gasteiger partial charge in [-0.1, -0.05) is 0 Å². The summed E-state index contributed by atoms with van der Waals surface area (Å²) in [6.07, 6.45) is -0.735. The second-order valence-electron chi connectivity index (χ2n) is 5.90. The van der Waals surface area contributed by atoms with Gasteiger partial charge in [-0.3, -0.25) is 19.2 Å². The van der Waals surface area contributed by atoms with Crippen molar-refractivity contribution in [3.63, 3.8) is 0 Å². The van der Waals surface area contributed by atoms with E-state index in [4.69, 9.17) is 4.74 Å². The molecule has 1 atom stereocenters. The maximum Gasteiger partial charge on any atom is 0.313 e. The fourth-order valence-corrected chi connectivity index (χ4v) is 2.56. The third kappa shape index (κ3) is 4.76. The normalized spacial score (nSPS) is 16.7. The second-order valence-corrected chi connectivity index (χ2v) is 5.90. The maximum absolute atomic E-state index is 12.0. The van der Waals surface area contributed by atoms with Crippen LogP contribution in [-0.2, 0) is 21.4 Å². The van der Waals surface area contributed by atoms with Crippen molar-refractivity contribution in [1.29, 1.82) is 0 Å². The van der Waals surface area contributed by atoms with E-state index >= 15 is 0 Å². The highest BCUT2D eigenvalue weighted by Gasteiger charge is 2.20. The molecule has 0 aliphatic carbocycles. The minimum atomic E-state index is -0.779. The van der Waals surface area contributed by atoms with Crippen LogP contribution < -0.4 is 10.6 Å². The molecule has 2 amide bonds. The third-order valence-electron chi connectivity index (χ3n) is 4.02. The summed E-state index contributed by atoms with van der Waals surface area (Å²) >= 11 is 0. The molecule has 24 heavy (non-hydrogen) atoms. The van der Waals surface area contributed by atoms with Crippen LogP contribution in [0.15, 0.2) is 0 Å². The van der Waals surface area contributed by atoms with Crippen LogP contribution in [0.4, 0.5) is 5.69 Å². The summed E-state index contributed by atoms with van der Waals surface area (Å²) in [4.78, 5) is 25.9. The van der Waals surface area contributed by atoms with Crippen LogP contribution in [0.2, 0.25) is 0 Å². The molecule has 1 aromatic heterocycles. The number of aryl methyl sites for hydroxylation is 2. The predicted octanol–water partition coefficient (Wildman–Crippen LogP) is -1.22. The molecule has 1 aliphatic rings. The zero-order valence-electron chi connectivity index (χ0n) is 14.3. The van der Waals surface area contributed by atoms with E-state index < -0.39 is 17.9 Å². The van der Waals surface area contributed by atoms with Crippen molar-refractivity contribution in [2.75, 3.05) is 44.7 Å². The molecule has 1 fully saturated rings. The standard InChI is InChI=1S/C15H25N5O4/c1-10-13(11(2)19(3)18-10)17-15(23)14(22)16-8-12(21)9-20-4-6-24-7-5-20/h12,21H,4-9H2,1-3H3,(H,16,22)(H,17,23)/t12-/m1/s1. The van der Waals surface area contributed by atoms with Crippen LogP contribution in [0.25, 0.3) is 0 Å². The van der Waals surface area contributed by atoms with Crippen LogP contribution in [0, 0.1) is 13.8 Å². The van der Waals surface area contributed by atoms with Crippen molar-refractivity contribution in [3.05, 3.63) is 11.4 Å². The zero-order chi connectivity index (χ0) is 17.7. The quantitative estimate of drug-likeness (QED) is 0.581. The molecule has 0 unspecified atom stereocenters. The van der Waals surface area contributed by atoms with Crippen LogP contribution >= 0.6 is 0 Å². The second kappa shape index (κ2) is 8.22. The van der Waals surface area contributed by atoms with Crippen LogP contribution in [-0.4, -0.2) is 77.1 Å². The number of hydrogen-bond acceptors (Lipinski definition) is 6. The number of ether oxygens (including phenoxy) is 1. The molecule has 0 radical (unpaired) electrons. The van der Waals surface area contributed by atoms with E-state index in [0.29, 0.717) is 31.1 Å². The molecule has 0 bridgehead atoms. The molecular formula is C15H25N5O4. The van der Waals surface area contributed by atoms with Gasteiger partial charge in [0.05, 0.1) is 36.4 Å². The Morgan fingerprint density at radius 3 is 2.54 bits per heavy atom. The van der Waals surface area contributed by atoms with Crippen LogP contribution in [0.1, 0.15) is 11.4 Å². The van der Waals surface area contributed by atoms with E-state index in [1.165, 1.54) is 0 Å². The number of nitrogens with one attached hydrogen (secondary N) is 2. The Labute approximate surface area is 141 Å². The van der Waals surface area contributed by atoms with Crippen molar-refractivity contribution in [2.24, 2.45) is 7.05 Å². The average molecular weight is 339 g/mol. The van der Waals surface area contributed by atoms with E-state index in [-0.39, 0.29) is 6.54 Å². The first-order valence-corrected chi connectivity index (χ1v) is 7.96. The first kappa shape index (κ1) is 18.4. The van der Waals surface area contributed by atoms with E-state index in [9.17, 15) is 14.7 Å². The Balaban J connectivity index is 1.77.